The Bertz CT molecular complexity index is 526. The van der Waals surface area contributed by atoms with Crippen LogP contribution in [-0.4, -0.2) is 56.2 Å². The number of hydrogen-bond donors (Lipinski definition) is 0. The fourth-order valence-electron chi connectivity index (χ4n) is 4.24. The van der Waals surface area contributed by atoms with E-state index in [-0.39, 0.29) is 0 Å². The largest absolute Gasteiger partial charge is 0.497 e. The molecule has 0 spiro atoms. The second-order valence-electron chi connectivity index (χ2n) is 7.42. The Morgan fingerprint density at radius 3 is 2.50 bits per heavy atom. The van der Waals surface area contributed by atoms with Gasteiger partial charge in [0.25, 0.3) is 0 Å². The molecule has 2 aliphatic rings. The minimum Gasteiger partial charge on any atom is -0.497 e. The Hall–Kier alpha value is -1.26. The Kier molecular flexibility index (Phi) is 6.01. The minimum absolute atomic E-state index is 0.825. The lowest BCUT2D eigenvalue weighted by Gasteiger charge is -2.42. The van der Waals surface area contributed by atoms with Crippen molar-refractivity contribution in [2.24, 2.45) is 5.92 Å². The van der Waals surface area contributed by atoms with Gasteiger partial charge in [0, 0.05) is 50.4 Å². The molecule has 2 atom stereocenters. The summed E-state index contributed by atoms with van der Waals surface area (Å²) in [6.45, 7) is 8.09. The zero-order chi connectivity index (χ0) is 16.9. The molecule has 4 nitrogen and oxygen atoms in total. The number of methoxy groups -OCH3 is 2. The van der Waals surface area contributed by atoms with Gasteiger partial charge in [0.1, 0.15) is 11.5 Å². The second kappa shape index (κ2) is 8.21. The van der Waals surface area contributed by atoms with Crippen molar-refractivity contribution in [1.29, 1.82) is 0 Å². The highest BCUT2D eigenvalue weighted by molar-refractivity contribution is 5.40. The van der Waals surface area contributed by atoms with Crippen LogP contribution in [0.2, 0.25) is 0 Å². The molecular formula is C20H32N2O2. The molecule has 4 heteroatoms. The Morgan fingerprint density at radius 2 is 1.83 bits per heavy atom. The van der Waals surface area contributed by atoms with Crippen molar-refractivity contribution in [3.8, 4) is 11.5 Å². The van der Waals surface area contributed by atoms with Crippen LogP contribution in [0.5, 0.6) is 11.5 Å². The molecule has 0 aromatic heterocycles. The van der Waals surface area contributed by atoms with Gasteiger partial charge in [-0.1, -0.05) is 25.8 Å². The topological polar surface area (TPSA) is 24.9 Å². The third kappa shape index (κ3) is 4.22. The van der Waals surface area contributed by atoms with Gasteiger partial charge in [0.2, 0.25) is 0 Å². The standard InChI is InChI=1S/C20H32N2O2/c1-16-5-4-6-18(13-16)22-11-9-21(10-12-22)15-17-7-8-19(23-2)14-20(17)24-3/h7-8,14,16,18H,4-6,9-13,15H2,1-3H3/t16-,18+/m0/s1. The summed E-state index contributed by atoms with van der Waals surface area (Å²) in [4.78, 5) is 5.28. The van der Waals surface area contributed by atoms with Crippen molar-refractivity contribution in [2.75, 3.05) is 40.4 Å². The molecule has 2 fully saturated rings. The van der Waals surface area contributed by atoms with Crippen LogP contribution >= 0.6 is 0 Å². The van der Waals surface area contributed by atoms with E-state index >= 15 is 0 Å². The molecule has 3 rings (SSSR count). The van der Waals surface area contributed by atoms with E-state index in [0.29, 0.717) is 0 Å². The molecule has 0 amide bonds. The summed E-state index contributed by atoms with van der Waals surface area (Å²) in [5.41, 5.74) is 1.25. The van der Waals surface area contributed by atoms with Crippen molar-refractivity contribution < 1.29 is 9.47 Å². The van der Waals surface area contributed by atoms with Gasteiger partial charge in [-0.2, -0.15) is 0 Å². The normalized spacial score (nSPS) is 26.3. The average molecular weight is 332 g/mol. The van der Waals surface area contributed by atoms with Gasteiger partial charge in [0.15, 0.2) is 0 Å². The van der Waals surface area contributed by atoms with Gasteiger partial charge in [-0.05, 0) is 24.8 Å². The first-order valence-corrected chi connectivity index (χ1v) is 9.37. The molecule has 1 aromatic rings. The van der Waals surface area contributed by atoms with Crippen molar-refractivity contribution in [1.82, 2.24) is 9.80 Å². The molecule has 1 saturated carbocycles. The van der Waals surface area contributed by atoms with Gasteiger partial charge in [-0.25, -0.2) is 0 Å². The SMILES string of the molecule is COc1ccc(CN2CCN([C@@H]3CCC[C@H](C)C3)CC2)c(OC)c1. The molecule has 1 aliphatic heterocycles. The molecular weight excluding hydrogens is 300 g/mol. The van der Waals surface area contributed by atoms with E-state index in [4.69, 9.17) is 9.47 Å². The highest BCUT2D eigenvalue weighted by atomic mass is 16.5. The van der Waals surface area contributed by atoms with Crippen molar-refractivity contribution >= 4 is 0 Å². The van der Waals surface area contributed by atoms with E-state index in [2.05, 4.69) is 22.8 Å². The number of nitrogens with zero attached hydrogens (tertiary/aromatic N) is 2. The number of benzene rings is 1. The van der Waals surface area contributed by atoms with Crippen LogP contribution in [-0.2, 0) is 6.54 Å². The van der Waals surface area contributed by atoms with Crippen LogP contribution in [0.4, 0.5) is 0 Å². The van der Waals surface area contributed by atoms with E-state index in [0.717, 1.165) is 43.1 Å². The molecule has 0 radical (unpaired) electrons. The van der Waals surface area contributed by atoms with E-state index in [1.54, 1.807) is 14.2 Å². The first-order valence-electron chi connectivity index (χ1n) is 9.37. The molecule has 0 N–H and O–H groups in total. The fraction of sp³-hybridized carbons (Fsp3) is 0.700. The van der Waals surface area contributed by atoms with Gasteiger partial charge >= 0.3 is 0 Å². The van der Waals surface area contributed by atoms with Crippen LogP contribution in [0.1, 0.15) is 38.2 Å². The number of hydrogen-bond acceptors (Lipinski definition) is 4. The smallest absolute Gasteiger partial charge is 0.127 e. The predicted molar refractivity (Wildman–Crippen MR) is 97.8 cm³/mol. The summed E-state index contributed by atoms with van der Waals surface area (Å²) in [5.74, 6) is 2.69. The lowest BCUT2D eigenvalue weighted by Crippen LogP contribution is -2.50. The zero-order valence-corrected chi connectivity index (χ0v) is 15.5. The third-order valence-corrected chi connectivity index (χ3v) is 5.72. The van der Waals surface area contributed by atoms with Gasteiger partial charge in [-0.3, -0.25) is 9.80 Å². The summed E-state index contributed by atoms with van der Waals surface area (Å²) in [6, 6.07) is 6.96. The first kappa shape index (κ1) is 17.6. The zero-order valence-electron chi connectivity index (χ0n) is 15.5. The molecule has 24 heavy (non-hydrogen) atoms. The van der Waals surface area contributed by atoms with Gasteiger partial charge in [-0.15, -0.1) is 0 Å². The quantitative estimate of drug-likeness (QED) is 0.825. The van der Waals surface area contributed by atoms with E-state index in [9.17, 15) is 0 Å². The predicted octanol–water partition coefficient (Wildman–Crippen LogP) is 3.40. The van der Waals surface area contributed by atoms with Crippen molar-refractivity contribution in [3.63, 3.8) is 0 Å². The minimum atomic E-state index is 0.825. The summed E-state index contributed by atoms with van der Waals surface area (Å²) in [6.07, 6.45) is 5.63. The van der Waals surface area contributed by atoms with Crippen molar-refractivity contribution in [2.45, 2.75) is 45.2 Å². The van der Waals surface area contributed by atoms with Crippen LogP contribution in [0.25, 0.3) is 0 Å². The van der Waals surface area contributed by atoms with Crippen LogP contribution in [0.3, 0.4) is 0 Å². The number of piperazine rings is 1. The van der Waals surface area contributed by atoms with Gasteiger partial charge < -0.3 is 9.47 Å². The average Bonchev–Trinajstić information content (AvgIpc) is 2.62. The van der Waals surface area contributed by atoms with Crippen molar-refractivity contribution in [3.05, 3.63) is 23.8 Å². The highest BCUT2D eigenvalue weighted by Gasteiger charge is 2.27. The lowest BCUT2D eigenvalue weighted by molar-refractivity contribution is 0.0656. The maximum atomic E-state index is 5.54. The highest BCUT2D eigenvalue weighted by Crippen LogP contribution is 2.29. The fourth-order valence-corrected chi connectivity index (χ4v) is 4.24. The maximum absolute atomic E-state index is 5.54. The summed E-state index contributed by atoms with van der Waals surface area (Å²) in [7, 11) is 3.43. The van der Waals surface area contributed by atoms with Crippen LogP contribution < -0.4 is 9.47 Å². The lowest BCUT2D eigenvalue weighted by atomic mass is 9.86. The maximum Gasteiger partial charge on any atom is 0.127 e. The Morgan fingerprint density at radius 1 is 1.04 bits per heavy atom. The summed E-state index contributed by atoms with van der Waals surface area (Å²) < 4.78 is 10.8. The van der Waals surface area contributed by atoms with E-state index < -0.39 is 0 Å². The molecule has 0 bridgehead atoms. The molecule has 1 saturated heterocycles. The van der Waals surface area contributed by atoms with Crippen LogP contribution in [0, 0.1) is 5.92 Å². The Balaban J connectivity index is 1.54. The summed E-state index contributed by atoms with van der Waals surface area (Å²) in [5, 5.41) is 0. The molecule has 134 valence electrons. The third-order valence-electron chi connectivity index (χ3n) is 5.72. The van der Waals surface area contributed by atoms with E-state index in [1.165, 1.54) is 44.3 Å². The molecule has 1 aromatic carbocycles. The molecule has 0 unspecified atom stereocenters. The van der Waals surface area contributed by atoms with Gasteiger partial charge in [0.05, 0.1) is 14.2 Å². The molecule has 1 aliphatic carbocycles. The Labute approximate surface area is 146 Å². The van der Waals surface area contributed by atoms with Crippen LogP contribution in [0.15, 0.2) is 18.2 Å². The number of ether oxygens (including phenoxy) is 2. The summed E-state index contributed by atoms with van der Waals surface area (Å²) >= 11 is 0. The monoisotopic (exact) mass is 332 g/mol. The second-order valence-corrected chi connectivity index (χ2v) is 7.42. The molecule has 1 heterocycles. The van der Waals surface area contributed by atoms with E-state index in [1.807, 2.05) is 12.1 Å². The number of rotatable bonds is 5. The first-order chi connectivity index (χ1) is 11.7.